The lowest BCUT2D eigenvalue weighted by atomic mass is 10.1. The molecule has 0 saturated heterocycles. The van der Waals surface area contributed by atoms with Gasteiger partial charge in [0.15, 0.2) is 0 Å². The van der Waals surface area contributed by atoms with E-state index in [4.69, 9.17) is 9.47 Å². The summed E-state index contributed by atoms with van der Waals surface area (Å²) in [5, 5.41) is 0. The van der Waals surface area contributed by atoms with Gasteiger partial charge >= 0.3 is 5.97 Å². The lowest BCUT2D eigenvalue weighted by Gasteiger charge is -2.06. The van der Waals surface area contributed by atoms with Gasteiger partial charge < -0.3 is 9.47 Å². The average Bonchev–Trinajstić information content (AvgIpc) is 2.52. The normalized spacial score (nSPS) is 12.7. The SMILES string of the molecule is C=C/C=C(\C)CCCC/C=C(C)/C=C(\OC)C(=O)OCCC=C. The lowest BCUT2D eigenvalue weighted by Crippen LogP contribution is -2.10. The van der Waals surface area contributed by atoms with Crippen molar-refractivity contribution < 1.29 is 14.3 Å². The molecule has 0 aliphatic rings. The van der Waals surface area contributed by atoms with Gasteiger partial charge in [-0.25, -0.2) is 4.79 Å². The summed E-state index contributed by atoms with van der Waals surface area (Å²) >= 11 is 0. The molecule has 0 spiro atoms. The minimum absolute atomic E-state index is 0.229. The first-order valence-corrected chi connectivity index (χ1v) is 8.03. The molecule has 0 bridgehead atoms. The number of allylic oxidation sites excluding steroid dienone is 6. The van der Waals surface area contributed by atoms with Gasteiger partial charge in [-0.05, 0) is 52.0 Å². The van der Waals surface area contributed by atoms with Crippen LogP contribution in [0, 0.1) is 0 Å². The van der Waals surface area contributed by atoms with Crippen LogP contribution in [0.15, 0.2) is 60.4 Å². The highest BCUT2D eigenvalue weighted by atomic mass is 16.6. The van der Waals surface area contributed by atoms with Crippen LogP contribution in [0.4, 0.5) is 0 Å². The van der Waals surface area contributed by atoms with Crippen molar-refractivity contribution in [3.05, 3.63) is 60.4 Å². The fourth-order valence-electron chi connectivity index (χ4n) is 1.94. The van der Waals surface area contributed by atoms with Crippen molar-refractivity contribution in [1.82, 2.24) is 0 Å². The smallest absolute Gasteiger partial charge is 0.373 e. The van der Waals surface area contributed by atoms with E-state index in [0.717, 1.165) is 31.3 Å². The maximum absolute atomic E-state index is 11.8. The summed E-state index contributed by atoms with van der Waals surface area (Å²) in [7, 11) is 1.47. The molecule has 0 rings (SSSR count). The molecule has 0 heterocycles. The molecule has 0 aliphatic heterocycles. The van der Waals surface area contributed by atoms with Crippen molar-refractivity contribution in [1.29, 1.82) is 0 Å². The second kappa shape index (κ2) is 13.6. The van der Waals surface area contributed by atoms with Crippen molar-refractivity contribution in [2.75, 3.05) is 13.7 Å². The largest absolute Gasteiger partial charge is 0.490 e. The van der Waals surface area contributed by atoms with Gasteiger partial charge in [0.25, 0.3) is 0 Å². The van der Waals surface area contributed by atoms with E-state index in [1.807, 2.05) is 19.1 Å². The van der Waals surface area contributed by atoms with Crippen molar-refractivity contribution >= 4 is 5.97 Å². The maximum Gasteiger partial charge on any atom is 0.373 e. The zero-order valence-corrected chi connectivity index (χ0v) is 14.8. The standard InChI is InChI=1S/C20H30O3/c1-6-8-15-23-20(21)19(22-5)16-18(4)14-11-9-10-13-17(3)12-7-2/h6-7,12,14,16H,1-2,8-11,13,15H2,3-5H3/b17-12+,18-14+,19-16-. The quantitative estimate of drug-likeness (QED) is 0.123. The first-order valence-electron chi connectivity index (χ1n) is 8.03. The molecule has 3 heteroatoms. The predicted molar refractivity (Wildman–Crippen MR) is 97.0 cm³/mol. The van der Waals surface area contributed by atoms with Crippen molar-refractivity contribution in [3.63, 3.8) is 0 Å². The Morgan fingerprint density at radius 3 is 2.48 bits per heavy atom. The molecule has 128 valence electrons. The number of ether oxygens (including phenoxy) is 2. The molecule has 3 nitrogen and oxygen atoms in total. The van der Waals surface area contributed by atoms with E-state index < -0.39 is 5.97 Å². The van der Waals surface area contributed by atoms with Crippen molar-refractivity contribution in [2.24, 2.45) is 0 Å². The van der Waals surface area contributed by atoms with Gasteiger partial charge in [0.2, 0.25) is 5.76 Å². The summed E-state index contributed by atoms with van der Waals surface area (Å²) in [5.41, 5.74) is 2.35. The first-order chi connectivity index (χ1) is 11.0. The van der Waals surface area contributed by atoms with Crippen LogP contribution in [0.2, 0.25) is 0 Å². The monoisotopic (exact) mass is 318 g/mol. The third-order valence-electron chi connectivity index (χ3n) is 3.23. The van der Waals surface area contributed by atoms with Gasteiger partial charge in [0, 0.05) is 0 Å². The number of hydrogen-bond acceptors (Lipinski definition) is 3. The van der Waals surface area contributed by atoms with Crippen molar-refractivity contribution in [2.45, 2.75) is 46.0 Å². The van der Waals surface area contributed by atoms with Crippen LogP contribution >= 0.6 is 0 Å². The molecule has 0 fully saturated rings. The molecule has 0 amide bonds. The molecule has 0 aromatic heterocycles. The molecule has 0 atom stereocenters. The zero-order valence-electron chi connectivity index (χ0n) is 14.8. The Morgan fingerprint density at radius 2 is 1.87 bits per heavy atom. The molecule has 0 unspecified atom stereocenters. The Morgan fingerprint density at radius 1 is 1.13 bits per heavy atom. The average molecular weight is 318 g/mol. The maximum atomic E-state index is 11.8. The summed E-state index contributed by atoms with van der Waals surface area (Å²) in [5.74, 6) is -0.208. The highest BCUT2D eigenvalue weighted by Gasteiger charge is 2.10. The van der Waals surface area contributed by atoms with Gasteiger partial charge in [0.05, 0.1) is 13.7 Å². The Hall–Kier alpha value is -2.03. The first kappa shape index (κ1) is 21.0. The summed E-state index contributed by atoms with van der Waals surface area (Å²) in [4.78, 5) is 11.8. The Bertz CT molecular complexity index is 467. The van der Waals surface area contributed by atoms with Crippen LogP contribution in [0.5, 0.6) is 0 Å². The molecular weight excluding hydrogens is 288 g/mol. The second-order valence-corrected chi connectivity index (χ2v) is 5.37. The van der Waals surface area contributed by atoms with Gasteiger partial charge in [-0.1, -0.05) is 42.0 Å². The second-order valence-electron chi connectivity index (χ2n) is 5.37. The Kier molecular flexibility index (Phi) is 12.4. The highest BCUT2D eigenvalue weighted by Crippen LogP contribution is 2.11. The van der Waals surface area contributed by atoms with Gasteiger partial charge in [-0.2, -0.15) is 0 Å². The topological polar surface area (TPSA) is 35.5 Å². The van der Waals surface area contributed by atoms with E-state index in [-0.39, 0.29) is 5.76 Å². The molecule has 0 N–H and O–H groups in total. The Balaban J connectivity index is 4.30. The van der Waals surface area contributed by atoms with Crippen LogP contribution in [-0.2, 0) is 14.3 Å². The van der Waals surface area contributed by atoms with E-state index in [2.05, 4.69) is 26.2 Å². The van der Waals surface area contributed by atoms with Crippen LogP contribution in [0.25, 0.3) is 0 Å². The molecule has 0 saturated carbocycles. The van der Waals surface area contributed by atoms with Crippen LogP contribution in [0.3, 0.4) is 0 Å². The zero-order chi connectivity index (χ0) is 17.5. The molecule has 0 aromatic rings. The van der Waals surface area contributed by atoms with Gasteiger partial charge in [-0.3, -0.25) is 0 Å². The highest BCUT2D eigenvalue weighted by molar-refractivity contribution is 5.86. The third kappa shape index (κ3) is 11.2. The number of methoxy groups -OCH3 is 1. The number of carbonyl (C=O) groups is 1. The van der Waals surface area contributed by atoms with Crippen LogP contribution < -0.4 is 0 Å². The number of hydrogen-bond donors (Lipinski definition) is 0. The van der Waals surface area contributed by atoms with Crippen LogP contribution in [0.1, 0.15) is 46.0 Å². The molecule has 0 aliphatic carbocycles. The minimum Gasteiger partial charge on any atom is -0.490 e. The number of rotatable bonds is 12. The van der Waals surface area contributed by atoms with E-state index in [1.165, 1.54) is 12.7 Å². The van der Waals surface area contributed by atoms with E-state index in [0.29, 0.717) is 13.0 Å². The predicted octanol–water partition coefficient (Wildman–Crippen LogP) is 5.28. The number of carbonyl (C=O) groups excluding carboxylic acids is 1. The summed E-state index contributed by atoms with van der Waals surface area (Å²) in [6.45, 7) is 11.7. The van der Waals surface area contributed by atoms with E-state index >= 15 is 0 Å². The summed E-state index contributed by atoms with van der Waals surface area (Å²) in [6.07, 6.45) is 14.4. The van der Waals surface area contributed by atoms with E-state index in [9.17, 15) is 4.79 Å². The molecule has 0 radical (unpaired) electrons. The summed E-state index contributed by atoms with van der Waals surface area (Å²) in [6, 6.07) is 0. The Labute approximate surface area is 141 Å². The number of esters is 1. The summed E-state index contributed by atoms with van der Waals surface area (Å²) < 4.78 is 10.2. The fourth-order valence-corrected chi connectivity index (χ4v) is 1.94. The lowest BCUT2D eigenvalue weighted by molar-refractivity contribution is -0.142. The van der Waals surface area contributed by atoms with Gasteiger partial charge in [0.1, 0.15) is 0 Å². The van der Waals surface area contributed by atoms with Gasteiger partial charge in [-0.15, -0.1) is 6.58 Å². The van der Waals surface area contributed by atoms with E-state index in [1.54, 1.807) is 12.2 Å². The number of unbranched alkanes of at least 4 members (excludes halogenated alkanes) is 2. The molecule has 0 aromatic carbocycles. The molecular formula is C20H30O3. The van der Waals surface area contributed by atoms with Crippen molar-refractivity contribution in [3.8, 4) is 0 Å². The fraction of sp³-hybridized carbons (Fsp3) is 0.450. The third-order valence-corrected chi connectivity index (χ3v) is 3.23. The molecule has 23 heavy (non-hydrogen) atoms. The van der Waals surface area contributed by atoms with Crippen LogP contribution in [-0.4, -0.2) is 19.7 Å². The minimum atomic E-state index is -0.438.